The lowest BCUT2D eigenvalue weighted by molar-refractivity contribution is 0.102. The molecule has 1 amide bonds. The fourth-order valence-electron chi connectivity index (χ4n) is 2.23. The van der Waals surface area contributed by atoms with E-state index in [1.807, 2.05) is 0 Å². The van der Waals surface area contributed by atoms with Crippen molar-refractivity contribution in [3.63, 3.8) is 0 Å². The summed E-state index contributed by atoms with van der Waals surface area (Å²) < 4.78 is 11.1. The number of hydrogen-bond donors (Lipinski definition) is 1. The standard InChI is InChI=1S/C18H17Cl2NO3/c1-23-15-8-7-12(9-16(15)24-10-11-5-6-11)18(22)21-17-13(19)3-2-4-14(17)20/h2-4,7-9,11H,5-6,10H2,1H3,(H,21,22). The third-order valence-electron chi connectivity index (χ3n) is 3.80. The topological polar surface area (TPSA) is 47.6 Å². The number of carbonyl (C=O) groups is 1. The van der Waals surface area contributed by atoms with Gasteiger partial charge in [0.2, 0.25) is 0 Å². The van der Waals surface area contributed by atoms with Crippen LogP contribution in [-0.4, -0.2) is 19.6 Å². The van der Waals surface area contributed by atoms with E-state index in [1.54, 1.807) is 43.5 Å². The van der Waals surface area contributed by atoms with Crippen molar-refractivity contribution < 1.29 is 14.3 Å². The van der Waals surface area contributed by atoms with Gasteiger partial charge in [0.25, 0.3) is 5.91 Å². The molecule has 2 aromatic carbocycles. The van der Waals surface area contributed by atoms with Gasteiger partial charge in [-0.2, -0.15) is 0 Å². The molecule has 24 heavy (non-hydrogen) atoms. The molecule has 1 aliphatic rings. The molecule has 0 atom stereocenters. The monoisotopic (exact) mass is 365 g/mol. The highest BCUT2D eigenvalue weighted by Crippen LogP contribution is 2.34. The Morgan fingerprint density at radius 2 is 1.88 bits per heavy atom. The molecule has 4 nitrogen and oxygen atoms in total. The van der Waals surface area contributed by atoms with E-state index in [4.69, 9.17) is 32.7 Å². The van der Waals surface area contributed by atoms with Crippen LogP contribution in [0.3, 0.4) is 0 Å². The van der Waals surface area contributed by atoms with Gasteiger partial charge in [0.1, 0.15) is 0 Å². The summed E-state index contributed by atoms with van der Waals surface area (Å²) >= 11 is 12.2. The summed E-state index contributed by atoms with van der Waals surface area (Å²) in [6, 6.07) is 10.1. The van der Waals surface area contributed by atoms with Crippen molar-refractivity contribution in [1.29, 1.82) is 0 Å². The van der Waals surface area contributed by atoms with Gasteiger partial charge in [0.05, 0.1) is 29.4 Å². The van der Waals surface area contributed by atoms with Crippen molar-refractivity contribution in [2.24, 2.45) is 5.92 Å². The number of benzene rings is 2. The van der Waals surface area contributed by atoms with Crippen molar-refractivity contribution in [3.8, 4) is 11.5 Å². The minimum Gasteiger partial charge on any atom is -0.493 e. The molecule has 0 radical (unpaired) electrons. The first-order valence-electron chi connectivity index (χ1n) is 7.64. The highest BCUT2D eigenvalue weighted by Gasteiger charge is 2.23. The van der Waals surface area contributed by atoms with Crippen LogP contribution in [0, 0.1) is 5.92 Å². The molecular formula is C18H17Cl2NO3. The van der Waals surface area contributed by atoms with Crippen LogP contribution in [0.25, 0.3) is 0 Å². The van der Waals surface area contributed by atoms with Crippen molar-refractivity contribution in [1.82, 2.24) is 0 Å². The number of methoxy groups -OCH3 is 1. The van der Waals surface area contributed by atoms with Crippen LogP contribution in [0.15, 0.2) is 36.4 Å². The number of rotatable bonds is 6. The molecule has 0 saturated heterocycles. The SMILES string of the molecule is COc1ccc(C(=O)Nc2c(Cl)cccc2Cl)cc1OCC1CC1. The molecular weight excluding hydrogens is 349 g/mol. The Bertz CT molecular complexity index is 740. The largest absolute Gasteiger partial charge is 0.493 e. The average Bonchev–Trinajstić information content (AvgIpc) is 3.40. The third-order valence-corrected chi connectivity index (χ3v) is 4.43. The van der Waals surface area contributed by atoms with Crippen molar-refractivity contribution in [3.05, 3.63) is 52.0 Å². The minimum atomic E-state index is -0.316. The Labute approximate surface area is 150 Å². The first-order chi connectivity index (χ1) is 11.6. The van der Waals surface area contributed by atoms with Gasteiger partial charge >= 0.3 is 0 Å². The van der Waals surface area contributed by atoms with E-state index >= 15 is 0 Å². The second kappa shape index (κ2) is 7.32. The van der Waals surface area contributed by atoms with Crippen LogP contribution >= 0.6 is 23.2 Å². The maximum absolute atomic E-state index is 12.5. The van der Waals surface area contributed by atoms with E-state index in [0.717, 1.165) is 0 Å². The number of carbonyl (C=O) groups excluding carboxylic acids is 1. The Morgan fingerprint density at radius 1 is 1.17 bits per heavy atom. The molecule has 6 heteroatoms. The lowest BCUT2D eigenvalue weighted by atomic mass is 10.1. The van der Waals surface area contributed by atoms with Gasteiger partial charge in [-0.05, 0) is 49.1 Å². The zero-order valence-electron chi connectivity index (χ0n) is 13.1. The molecule has 3 rings (SSSR count). The van der Waals surface area contributed by atoms with Gasteiger partial charge in [-0.1, -0.05) is 29.3 Å². The van der Waals surface area contributed by atoms with Crippen molar-refractivity contribution in [2.45, 2.75) is 12.8 Å². The first-order valence-corrected chi connectivity index (χ1v) is 8.40. The molecule has 0 aliphatic heterocycles. The molecule has 1 N–H and O–H groups in total. The zero-order chi connectivity index (χ0) is 17.1. The molecule has 0 spiro atoms. The number of anilines is 1. The maximum atomic E-state index is 12.5. The minimum absolute atomic E-state index is 0.316. The number of amides is 1. The smallest absolute Gasteiger partial charge is 0.255 e. The number of halogens is 2. The van der Waals surface area contributed by atoms with E-state index in [-0.39, 0.29) is 5.91 Å². The summed E-state index contributed by atoms with van der Waals surface area (Å²) in [5.74, 6) is 1.45. The fraction of sp³-hybridized carbons (Fsp3) is 0.278. The summed E-state index contributed by atoms with van der Waals surface area (Å²) in [5, 5.41) is 3.51. The first kappa shape index (κ1) is 16.9. The van der Waals surface area contributed by atoms with Crippen LogP contribution in [0.2, 0.25) is 10.0 Å². The second-order valence-electron chi connectivity index (χ2n) is 5.67. The summed E-state index contributed by atoms with van der Waals surface area (Å²) in [7, 11) is 1.57. The van der Waals surface area contributed by atoms with Gasteiger partial charge in [0.15, 0.2) is 11.5 Å². The van der Waals surface area contributed by atoms with Crippen LogP contribution in [0.1, 0.15) is 23.2 Å². The summed E-state index contributed by atoms with van der Waals surface area (Å²) in [6.45, 7) is 0.637. The molecule has 0 bridgehead atoms. The predicted octanol–water partition coefficient (Wildman–Crippen LogP) is 5.04. The van der Waals surface area contributed by atoms with Crippen molar-refractivity contribution >= 4 is 34.8 Å². The number of nitrogens with one attached hydrogen (secondary N) is 1. The zero-order valence-corrected chi connectivity index (χ0v) is 14.7. The van der Waals surface area contributed by atoms with Crippen molar-refractivity contribution in [2.75, 3.05) is 19.0 Å². The lowest BCUT2D eigenvalue weighted by Crippen LogP contribution is -2.13. The highest BCUT2D eigenvalue weighted by molar-refractivity contribution is 6.40. The number of para-hydroxylation sites is 1. The van der Waals surface area contributed by atoms with Gasteiger partial charge in [-0.25, -0.2) is 0 Å². The lowest BCUT2D eigenvalue weighted by Gasteiger charge is -2.13. The predicted molar refractivity (Wildman–Crippen MR) is 95.6 cm³/mol. The fourth-order valence-corrected chi connectivity index (χ4v) is 2.72. The van der Waals surface area contributed by atoms with E-state index in [9.17, 15) is 4.79 Å². The van der Waals surface area contributed by atoms with Gasteiger partial charge in [-0.15, -0.1) is 0 Å². The normalized spacial score (nSPS) is 13.5. The Hall–Kier alpha value is -1.91. The van der Waals surface area contributed by atoms with E-state index in [2.05, 4.69) is 5.32 Å². The van der Waals surface area contributed by atoms with E-state index < -0.39 is 0 Å². The van der Waals surface area contributed by atoms with Crippen LogP contribution < -0.4 is 14.8 Å². The molecule has 2 aromatic rings. The molecule has 0 unspecified atom stereocenters. The van der Waals surface area contributed by atoms with Gasteiger partial charge in [0, 0.05) is 5.56 Å². The quantitative estimate of drug-likeness (QED) is 0.779. The molecule has 1 fully saturated rings. The molecule has 1 aliphatic carbocycles. The number of hydrogen-bond acceptors (Lipinski definition) is 3. The number of ether oxygens (including phenoxy) is 2. The average molecular weight is 366 g/mol. The van der Waals surface area contributed by atoms with Gasteiger partial charge in [-0.3, -0.25) is 4.79 Å². The Morgan fingerprint density at radius 3 is 2.50 bits per heavy atom. The Kier molecular flexibility index (Phi) is 5.17. The summed E-state index contributed by atoms with van der Waals surface area (Å²) in [6.07, 6.45) is 2.38. The van der Waals surface area contributed by atoms with E-state index in [0.29, 0.717) is 45.3 Å². The third kappa shape index (κ3) is 3.94. The maximum Gasteiger partial charge on any atom is 0.255 e. The second-order valence-corrected chi connectivity index (χ2v) is 6.49. The Balaban J connectivity index is 1.79. The molecule has 1 saturated carbocycles. The molecule has 0 heterocycles. The van der Waals surface area contributed by atoms with Gasteiger partial charge < -0.3 is 14.8 Å². The van der Waals surface area contributed by atoms with Crippen LogP contribution in [0.5, 0.6) is 11.5 Å². The summed E-state index contributed by atoms with van der Waals surface area (Å²) in [5.41, 5.74) is 0.833. The van der Waals surface area contributed by atoms with E-state index in [1.165, 1.54) is 12.8 Å². The van der Waals surface area contributed by atoms with Crippen LogP contribution in [0.4, 0.5) is 5.69 Å². The molecule has 0 aromatic heterocycles. The highest BCUT2D eigenvalue weighted by atomic mass is 35.5. The molecule has 126 valence electrons. The van der Waals surface area contributed by atoms with Crippen LogP contribution in [-0.2, 0) is 0 Å². The summed E-state index contributed by atoms with van der Waals surface area (Å²) in [4.78, 5) is 12.5.